The van der Waals surface area contributed by atoms with Gasteiger partial charge in [-0.3, -0.25) is 0 Å². The summed E-state index contributed by atoms with van der Waals surface area (Å²) < 4.78 is 71.6. The molecular formula is C36H34N10O7S2. The van der Waals surface area contributed by atoms with Crippen LogP contribution in [-0.4, -0.2) is 88.0 Å². The largest absolute Gasteiger partial charge is 0.437 e. The van der Waals surface area contributed by atoms with E-state index < -0.39 is 26.1 Å². The monoisotopic (exact) mass is 782 g/mol. The number of sulfonamides is 2. The summed E-state index contributed by atoms with van der Waals surface area (Å²) in [4.78, 5) is 8.95. The van der Waals surface area contributed by atoms with Crippen molar-refractivity contribution in [3.05, 3.63) is 96.8 Å². The van der Waals surface area contributed by atoms with Gasteiger partial charge in [0.15, 0.2) is 17.3 Å². The second-order valence-electron chi connectivity index (χ2n) is 12.2. The number of fused-ring (bicyclic) bond motifs is 1. The lowest BCUT2D eigenvalue weighted by Crippen LogP contribution is -2.40. The Hall–Kier alpha value is -5.75. The highest BCUT2D eigenvalue weighted by Gasteiger charge is 2.28. The van der Waals surface area contributed by atoms with Gasteiger partial charge in [0.2, 0.25) is 26.1 Å². The van der Waals surface area contributed by atoms with Crippen molar-refractivity contribution in [1.29, 1.82) is 5.26 Å². The number of azo groups is 2. The fourth-order valence-electron chi connectivity index (χ4n) is 5.71. The van der Waals surface area contributed by atoms with E-state index in [0.29, 0.717) is 37.9 Å². The number of nitrogens with two attached hydrogens (primary N) is 1. The van der Waals surface area contributed by atoms with E-state index >= 15 is 0 Å². The van der Waals surface area contributed by atoms with Crippen LogP contribution >= 0.6 is 0 Å². The van der Waals surface area contributed by atoms with Crippen LogP contribution in [0, 0.1) is 11.3 Å². The molecule has 0 bridgehead atoms. The Morgan fingerprint density at radius 3 is 1.82 bits per heavy atom. The molecule has 2 N–H and O–H groups in total. The smallest absolute Gasteiger partial charge is 0.253 e. The molecule has 3 heterocycles. The van der Waals surface area contributed by atoms with Crippen molar-refractivity contribution in [1.82, 2.24) is 18.6 Å². The summed E-state index contributed by atoms with van der Waals surface area (Å²) in [7, 11) is -7.42. The number of ether oxygens (including phenoxy) is 3. The Morgan fingerprint density at radius 1 is 0.709 bits per heavy atom. The minimum Gasteiger partial charge on any atom is -0.437 e. The Balaban J connectivity index is 1.16. The number of benzene rings is 4. The summed E-state index contributed by atoms with van der Waals surface area (Å²) in [5, 5.41) is 28.7. The molecule has 4 aromatic carbocycles. The number of nitrogens with zero attached hydrogens (tertiary/aromatic N) is 9. The van der Waals surface area contributed by atoms with Crippen molar-refractivity contribution < 1.29 is 31.0 Å². The van der Waals surface area contributed by atoms with E-state index in [1.165, 1.54) is 57.1 Å². The van der Waals surface area contributed by atoms with Gasteiger partial charge in [0, 0.05) is 26.2 Å². The van der Waals surface area contributed by atoms with Crippen LogP contribution in [0.15, 0.2) is 121 Å². The van der Waals surface area contributed by atoms with Crippen LogP contribution in [0.3, 0.4) is 0 Å². The first-order valence-electron chi connectivity index (χ1n) is 17.0. The Labute approximate surface area is 316 Å². The van der Waals surface area contributed by atoms with Gasteiger partial charge in [0.1, 0.15) is 5.75 Å². The predicted molar refractivity (Wildman–Crippen MR) is 200 cm³/mol. The second kappa shape index (κ2) is 16.3. The molecule has 282 valence electrons. The van der Waals surface area contributed by atoms with Crippen molar-refractivity contribution in [3.63, 3.8) is 0 Å². The Kier molecular flexibility index (Phi) is 11.1. The fourth-order valence-corrected chi connectivity index (χ4v) is 8.52. The van der Waals surface area contributed by atoms with Gasteiger partial charge >= 0.3 is 0 Å². The SMILES string of the molecule is N#CC(N=Nc1ccc(S(=O)(=O)N2CCOCC2)cc1)c1nc(N)c(N=Nc2ccc(S(=O)(=O)N3CCOCC3)cc2)c(Oc2ccc3ccccc3c2)n1. The number of aromatic nitrogens is 2. The fraction of sp³-hybridized carbons (Fsp3) is 0.250. The molecule has 5 aromatic rings. The average Bonchev–Trinajstić information content (AvgIpc) is 3.21. The summed E-state index contributed by atoms with van der Waals surface area (Å²) in [5.74, 6) is -0.0489. The molecule has 17 nitrogen and oxygen atoms in total. The molecule has 0 radical (unpaired) electrons. The Bertz CT molecular complexity index is 2500. The van der Waals surface area contributed by atoms with Crippen LogP contribution in [0.5, 0.6) is 11.6 Å². The molecule has 2 saturated heterocycles. The summed E-state index contributed by atoms with van der Waals surface area (Å²) >= 11 is 0. The molecule has 2 fully saturated rings. The third-order valence-corrected chi connectivity index (χ3v) is 12.5. The number of hydrogen-bond donors (Lipinski definition) is 1. The summed E-state index contributed by atoms with van der Waals surface area (Å²) in [5.41, 5.74) is 6.94. The summed E-state index contributed by atoms with van der Waals surface area (Å²) in [6.07, 6.45) is 0. The lowest BCUT2D eigenvalue weighted by molar-refractivity contribution is 0.0730. The number of hydrogen-bond acceptors (Lipinski definition) is 15. The molecule has 1 aromatic heterocycles. The zero-order valence-electron chi connectivity index (χ0n) is 29.2. The van der Waals surface area contributed by atoms with Crippen LogP contribution in [0.2, 0.25) is 0 Å². The van der Waals surface area contributed by atoms with Crippen molar-refractivity contribution in [2.75, 3.05) is 58.3 Å². The molecule has 0 saturated carbocycles. The van der Waals surface area contributed by atoms with Crippen LogP contribution in [0.25, 0.3) is 10.8 Å². The quantitative estimate of drug-likeness (QED) is 0.157. The molecule has 7 rings (SSSR count). The number of nitriles is 1. The maximum atomic E-state index is 13.1. The third-order valence-electron chi connectivity index (χ3n) is 8.64. The van der Waals surface area contributed by atoms with Gasteiger partial charge in [0.25, 0.3) is 5.88 Å². The van der Waals surface area contributed by atoms with Gasteiger partial charge in [-0.05, 0) is 71.4 Å². The average molecular weight is 783 g/mol. The molecule has 0 aliphatic carbocycles. The molecule has 19 heteroatoms. The van der Waals surface area contributed by atoms with E-state index in [-0.39, 0.29) is 64.9 Å². The first-order chi connectivity index (χ1) is 26.6. The summed E-state index contributed by atoms with van der Waals surface area (Å²) in [6.45, 7) is 2.36. The van der Waals surface area contributed by atoms with Crippen LogP contribution < -0.4 is 10.5 Å². The van der Waals surface area contributed by atoms with E-state index in [1.807, 2.05) is 36.4 Å². The molecule has 0 spiro atoms. The highest BCUT2D eigenvalue weighted by molar-refractivity contribution is 7.89. The third kappa shape index (κ3) is 8.49. The van der Waals surface area contributed by atoms with E-state index in [2.05, 4.69) is 30.4 Å². The molecule has 55 heavy (non-hydrogen) atoms. The van der Waals surface area contributed by atoms with Crippen molar-refractivity contribution in [2.45, 2.75) is 15.8 Å². The highest BCUT2D eigenvalue weighted by atomic mass is 32.2. The van der Waals surface area contributed by atoms with Gasteiger partial charge < -0.3 is 19.9 Å². The van der Waals surface area contributed by atoms with Crippen molar-refractivity contribution >= 4 is 53.7 Å². The number of nitrogen functional groups attached to an aromatic ring is 1. The summed E-state index contributed by atoms with van der Waals surface area (Å²) in [6, 6.07) is 25.4. The molecule has 2 aliphatic heterocycles. The molecule has 1 unspecified atom stereocenters. The van der Waals surface area contributed by atoms with E-state index in [0.717, 1.165) is 10.8 Å². The number of anilines is 1. The lowest BCUT2D eigenvalue weighted by Gasteiger charge is -2.26. The van der Waals surface area contributed by atoms with E-state index in [1.54, 1.807) is 12.1 Å². The van der Waals surface area contributed by atoms with Crippen LogP contribution in [0.4, 0.5) is 22.9 Å². The Morgan fingerprint density at radius 2 is 1.25 bits per heavy atom. The van der Waals surface area contributed by atoms with Gasteiger partial charge in [-0.25, -0.2) is 21.8 Å². The van der Waals surface area contributed by atoms with Crippen LogP contribution in [0.1, 0.15) is 11.9 Å². The van der Waals surface area contributed by atoms with Crippen molar-refractivity contribution in [3.8, 4) is 17.7 Å². The minimum absolute atomic E-state index is 0.0485. The van der Waals surface area contributed by atoms with E-state index in [4.69, 9.17) is 19.9 Å². The van der Waals surface area contributed by atoms with Crippen LogP contribution in [-0.2, 0) is 29.5 Å². The first-order valence-corrected chi connectivity index (χ1v) is 19.9. The molecular weight excluding hydrogens is 749 g/mol. The lowest BCUT2D eigenvalue weighted by atomic mass is 10.1. The topological polar surface area (TPSA) is 227 Å². The normalized spacial score (nSPS) is 16.7. The minimum atomic E-state index is -3.71. The van der Waals surface area contributed by atoms with Gasteiger partial charge in [0.05, 0.1) is 53.7 Å². The number of morpholine rings is 2. The first kappa shape index (κ1) is 37.6. The molecule has 2 aliphatic rings. The van der Waals surface area contributed by atoms with E-state index in [9.17, 15) is 22.1 Å². The molecule has 1 atom stereocenters. The van der Waals surface area contributed by atoms with Crippen molar-refractivity contribution in [2.24, 2.45) is 20.5 Å². The molecule has 0 amide bonds. The second-order valence-corrected chi connectivity index (χ2v) is 16.1. The predicted octanol–water partition coefficient (Wildman–Crippen LogP) is 5.81. The zero-order chi connectivity index (χ0) is 38.4. The maximum absolute atomic E-state index is 13.1. The maximum Gasteiger partial charge on any atom is 0.253 e. The zero-order valence-corrected chi connectivity index (χ0v) is 30.8. The highest BCUT2D eigenvalue weighted by Crippen LogP contribution is 2.38. The van der Waals surface area contributed by atoms with Gasteiger partial charge in [-0.15, -0.1) is 5.11 Å². The van der Waals surface area contributed by atoms with Gasteiger partial charge in [-0.1, -0.05) is 30.3 Å². The van der Waals surface area contributed by atoms with Gasteiger partial charge in [-0.2, -0.15) is 34.2 Å². The number of rotatable bonds is 11. The standard InChI is InChI=1S/C36H34N10O7S2/c37-24-32(43-41-27-6-11-30(12-7-27)54(47,48)45-15-19-51-20-16-45)35-39-34(38)33(36(40-35)53-29-10-5-25-3-1-2-4-26(25)23-29)44-42-28-8-13-31(14-9-28)55(49,50)46-17-21-52-22-18-46/h1-14,23,32H,15-22H2,(H2,38,39,40).